The number of carboxylic acids is 2. The molecule has 0 aliphatic carbocycles. The van der Waals surface area contributed by atoms with Gasteiger partial charge in [0.2, 0.25) is 5.69 Å². The van der Waals surface area contributed by atoms with Crippen molar-refractivity contribution in [3.05, 3.63) is 81.0 Å². The maximum Gasteiger partial charge on any atom is 0.360 e. The van der Waals surface area contributed by atoms with Gasteiger partial charge >= 0.3 is 18.0 Å². The van der Waals surface area contributed by atoms with Crippen LogP contribution in [0.5, 0.6) is 0 Å². The molecule has 4 rings (SSSR count). The minimum atomic E-state index is -1.50. The molecule has 0 aliphatic rings. The van der Waals surface area contributed by atoms with Crippen molar-refractivity contribution in [3.63, 3.8) is 0 Å². The van der Waals surface area contributed by atoms with Crippen LogP contribution in [-0.4, -0.2) is 47.7 Å². The van der Waals surface area contributed by atoms with Crippen LogP contribution in [0.2, 0.25) is 5.02 Å². The Bertz CT molecular complexity index is 1580. The molecule has 14 heteroatoms. The number of urea groups is 1. The van der Waals surface area contributed by atoms with Gasteiger partial charge in [0.25, 0.3) is 5.56 Å². The van der Waals surface area contributed by atoms with E-state index in [4.69, 9.17) is 27.5 Å². The molecule has 178 valence electrons. The van der Waals surface area contributed by atoms with E-state index in [1.165, 1.54) is 29.2 Å². The summed E-state index contributed by atoms with van der Waals surface area (Å²) in [5.41, 5.74) is 4.25. The van der Waals surface area contributed by atoms with Crippen LogP contribution in [0.25, 0.3) is 16.7 Å². The smallest absolute Gasteiger partial charge is 0.360 e. The molecule has 0 radical (unpaired) electrons. The predicted octanol–water partition coefficient (Wildman–Crippen LogP) is 2.38. The molecule has 0 saturated carbocycles. The largest absolute Gasteiger partial charge is 0.478 e. The number of primary amides is 1. The van der Waals surface area contributed by atoms with Gasteiger partial charge in [-0.15, -0.1) is 0 Å². The van der Waals surface area contributed by atoms with Crippen LogP contribution in [0.15, 0.2) is 47.7 Å². The van der Waals surface area contributed by atoms with Crippen LogP contribution in [0.3, 0.4) is 0 Å². The molecule has 0 aliphatic heterocycles. The number of carbonyl (C=O) groups excluding carboxylic acids is 1. The molecule has 2 aromatic heterocycles. The zero-order valence-corrected chi connectivity index (χ0v) is 18.2. The minimum absolute atomic E-state index is 0.149. The summed E-state index contributed by atoms with van der Waals surface area (Å²) in [6.45, 7) is -0.258. The normalized spacial score (nSPS) is 10.9. The van der Waals surface area contributed by atoms with Crippen LogP contribution >= 0.6 is 11.6 Å². The highest BCUT2D eigenvalue weighted by Crippen LogP contribution is 2.26. The first-order chi connectivity index (χ1) is 16.5. The van der Waals surface area contributed by atoms with E-state index in [9.17, 15) is 23.6 Å². The van der Waals surface area contributed by atoms with Gasteiger partial charge in [-0.25, -0.2) is 28.7 Å². The summed E-state index contributed by atoms with van der Waals surface area (Å²) in [4.78, 5) is 57.4. The molecule has 0 bridgehead atoms. The number of nitrogens with two attached hydrogens (primary N) is 1. The Morgan fingerprint density at radius 3 is 2.54 bits per heavy atom. The van der Waals surface area contributed by atoms with E-state index >= 15 is 0 Å². The van der Waals surface area contributed by atoms with Crippen molar-refractivity contribution in [1.82, 2.24) is 19.5 Å². The highest BCUT2D eigenvalue weighted by Gasteiger charge is 2.20. The standard InChI is InChI=1S/C21H14ClFN6O6/c22-11-4-13-14(26-17(20(33)34)18(30)27-13)5-16(11)28-6-10(25-8-28)7-29(21(24)35)15-2-1-9(19(31)32)3-12(15)23/h1-6,8H,7H2,(H2,24,35)(H,27,30)(H,31,32)(H,33,34). The maximum atomic E-state index is 14.5. The summed E-state index contributed by atoms with van der Waals surface area (Å²) >= 11 is 6.32. The predicted molar refractivity (Wildman–Crippen MR) is 121 cm³/mol. The SMILES string of the molecule is NC(=O)N(Cc1cn(-c2cc3nc(C(=O)O)c(=O)[nH]c3cc2Cl)cn1)c1ccc(C(=O)O)cc1F. The van der Waals surface area contributed by atoms with Gasteiger partial charge in [-0.2, -0.15) is 0 Å². The van der Waals surface area contributed by atoms with E-state index in [1.54, 1.807) is 0 Å². The fourth-order valence-corrected chi connectivity index (χ4v) is 3.58. The lowest BCUT2D eigenvalue weighted by Gasteiger charge is -2.20. The van der Waals surface area contributed by atoms with Crippen molar-refractivity contribution in [2.45, 2.75) is 6.54 Å². The van der Waals surface area contributed by atoms with E-state index in [0.29, 0.717) is 5.69 Å². The van der Waals surface area contributed by atoms with Crippen LogP contribution in [0.1, 0.15) is 26.5 Å². The molecule has 0 unspecified atom stereocenters. The summed E-state index contributed by atoms with van der Waals surface area (Å²) in [5, 5.41) is 18.3. The molecule has 0 atom stereocenters. The molecular formula is C21H14ClFN6O6. The molecule has 0 fully saturated rings. The average molecular weight is 501 g/mol. The number of amides is 2. The topological polar surface area (TPSA) is 184 Å². The van der Waals surface area contributed by atoms with Crippen molar-refractivity contribution < 1.29 is 29.0 Å². The number of nitrogens with one attached hydrogen (secondary N) is 1. The Morgan fingerprint density at radius 2 is 1.91 bits per heavy atom. The zero-order valence-electron chi connectivity index (χ0n) is 17.4. The summed E-state index contributed by atoms with van der Waals surface area (Å²) < 4.78 is 15.9. The number of benzene rings is 2. The zero-order chi connectivity index (χ0) is 25.4. The Hall–Kier alpha value is -4.78. The number of aromatic carboxylic acids is 2. The Kier molecular flexibility index (Phi) is 5.93. The molecule has 0 saturated heterocycles. The van der Waals surface area contributed by atoms with Crippen LogP contribution < -0.4 is 16.2 Å². The summed E-state index contributed by atoms with van der Waals surface area (Å²) in [5.74, 6) is -3.79. The molecule has 0 spiro atoms. The second kappa shape index (κ2) is 8.87. The second-order valence-corrected chi connectivity index (χ2v) is 7.62. The highest BCUT2D eigenvalue weighted by atomic mass is 35.5. The first kappa shape index (κ1) is 23.4. The lowest BCUT2D eigenvalue weighted by molar-refractivity contribution is 0.0681. The number of nitrogens with zero attached hydrogens (tertiary/aromatic N) is 4. The Morgan fingerprint density at radius 1 is 1.17 bits per heavy atom. The first-order valence-corrected chi connectivity index (χ1v) is 10.0. The van der Waals surface area contributed by atoms with Crippen molar-refractivity contribution in [2.75, 3.05) is 4.90 Å². The number of fused-ring (bicyclic) bond motifs is 1. The number of halogens is 2. The van der Waals surface area contributed by atoms with E-state index in [1.807, 2.05) is 0 Å². The Balaban J connectivity index is 1.69. The van der Waals surface area contributed by atoms with Gasteiger partial charge in [-0.3, -0.25) is 9.69 Å². The quantitative estimate of drug-likeness (QED) is 0.311. The summed E-state index contributed by atoms with van der Waals surface area (Å²) in [7, 11) is 0. The van der Waals surface area contributed by atoms with E-state index in [2.05, 4.69) is 15.0 Å². The second-order valence-electron chi connectivity index (χ2n) is 7.21. The van der Waals surface area contributed by atoms with Crippen molar-refractivity contribution >= 4 is 46.3 Å². The van der Waals surface area contributed by atoms with Crippen LogP contribution in [-0.2, 0) is 6.54 Å². The third-order valence-corrected chi connectivity index (χ3v) is 5.25. The molecule has 2 amide bonds. The lowest BCUT2D eigenvalue weighted by atomic mass is 10.2. The molecule has 5 N–H and O–H groups in total. The summed E-state index contributed by atoms with van der Waals surface area (Å²) in [6.07, 6.45) is 2.81. The number of aromatic amines is 1. The fraction of sp³-hybridized carbons (Fsp3) is 0.0476. The average Bonchev–Trinajstić information content (AvgIpc) is 3.25. The lowest BCUT2D eigenvalue weighted by Crippen LogP contribution is -2.36. The molecule has 12 nitrogen and oxygen atoms in total. The Labute approximate surface area is 199 Å². The number of rotatable bonds is 6. The number of H-pyrrole nitrogens is 1. The van der Waals surface area contributed by atoms with Gasteiger partial charge in [0.15, 0.2) is 0 Å². The van der Waals surface area contributed by atoms with Gasteiger partial charge < -0.3 is 25.5 Å². The van der Waals surface area contributed by atoms with Gasteiger partial charge in [0.05, 0.1) is 51.6 Å². The highest BCUT2D eigenvalue weighted by molar-refractivity contribution is 6.33. The third kappa shape index (κ3) is 4.52. The number of imidazole rings is 1. The number of hydrogen-bond donors (Lipinski definition) is 4. The maximum absolute atomic E-state index is 14.5. The van der Waals surface area contributed by atoms with Gasteiger partial charge in [-0.05, 0) is 30.3 Å². The minimum Gasteiger partial charge on any atom is -0.478 e. The number of carbonyl (C=O) groups is 3. The van der Waals surface area contributed by atoms with E-state index in [-0.39, 0.29) is 39.5 Å². The third-order valence-electron chi connectivity index (χ3n) is 4.95. The monoisotopic (exact) mass is 500 g/mol. The van der Waals surface area contributed by atoms with Crippen LogP contribution in [0.4, 0.5) is 14.9 Å². The van der Waals surface area contributed by atoms with Gasteiger partial charge in [0.1, 0.15) is 5.82 Å². The van der Waals surface area contributed by atoms with Gasteiger partial charge in [0, 0.05) is 6.20 Å². The summed E-state index contributed by atoms with van der Waals surface area (Å²) in [6, 6.07) is 4.84. The molecular weight excluding hydrogens is 487 g/mol. The number of carboxylic acid groups (broad SMARTS) is 2. The number of anilines is 1. The fourth-order valence-electron chi connectivity index (χ4n) is 3.32. The molecule has 2 aromatic carbocycles. The van der Waals surface area contributed by atoms with Crippen molar-refractivity contribution in [3.8, 4) is 5.69 Å². The molecule has 2 heterocycles. The van der Waals surface area contributed by atoms with Gasteiger partial charge in [-0.1, -0.05) is 11.6 Å². The van der Waals surface area contributed by atoms with E-state index in [0.717, 1.165) is 23.1 Å². The van der Waals surface area contributed by atoms with Crippen molar-refractivity contribution in [1.29, 1.82) is 0 Å². The first-order valence-electron chi connectivity index (χ1n) is 9.65. The van der Waals surface area contributed by atoms with E-state index < -0.39 is 35.0 Å². The van der Waals surface area contributed by atoms with Crippen molar-refractivity contribution in [2.24, 2.45) is 5.73 Å². The van der Waals surface area contributed by atoms with Crippen LogP contribution in [0, 0.1) is 5.82 Å². The molecule has 35 heavy (non-hydrogen) atoms. The number of hydrogen-bond acceptors (Lipinski definition) is 6. The number of aromatic nitrogens is 4. The molecule has 4 aromatic rings.